The van der Waals surface area contributed by atoms with Gasteiger partial charge in [0.2, 0.25) is 0 Å². The second-order valence-electron chi connectivity index (χ2n) is 4.46. The van der Waals surface area contributed by atoms with Crippen molar-refractivity contribution in [2.24, 2.45) is 16.8 Å². The molecule has 6 N–H and O–H groups in total. The van der Waals surface area contributed by atoms with E-state index in [9.17, 15) is 0 Å². The number of halogens is 1. The van der Waals surface area contributed by atoms with E-state index in [-0.39, 0.29) is 0 Å². The zero-order valence-electron chi connectivity index (χ0n) is 11.0. The van der Waals surface area contributed by atoms with Crippen LogP contribution in [0.15, 0.2) is 47.6 Å². The number of hydrazone groups is 1. The number of nitrogens with zero attached hydrogens (tertiary/aromatic N) is 2. The minimum atomic E-state index is 0.403. The van der Waals surface area contributed by atoms with E-state index in [4.69, 9.17) is 23.3 Å². The van der Waals surface area contributed by atoms with Crippen LogP contribution in [0, 0.1) is 0 Å². The highest BCUT2D eigenvalue weighted by Crippen LogP contribution is 2.28. The third kappa shape index (κ3) is 2.42. The van der Waals surface area contributed by atoms with Crippen LogP contribution in [0.5, 0.6) is 0 Å². The number of hydrazine groups is 1. The molecule has 0 unspecified atom stereocenters. The minimum absolute atomic E-state index is 0.403. The van der Waals surface area contributed by atoms with E-state index in [0.717, 1.165) is 27.7 Å². The summed E-state index contributed by atoms with van der Waals surface area (Å²) >= 11 is 5.92. The van der Waals surface area contributed by atoms with Crippen molar-refractivity contribution in [1.82, 2.24) is 15.6 Å². The maximum atomic E-state index is 5.92. The predicted octanol–water partition coefficient (Wildman–Crippen LogP) is 1.97. The molecule has 1 aromatic heterocycles. The molecule has 0 bridgehead atoms. The van der Waals surface area contributed by atoms with Gasteiger partial charge in [-0.3, -0.25) is 5.10 Å². The van der Waals surface area contributed by atoms with Crippen LogP contribution in [0.2, 0.25) is 5.02 Å². The number of amidine groups is 1. The van der Waals surface area contributed by atoms with Crippen LogP contribution in [0.3, 0.4) is 0 Å². The van der Waals surface area contributed by atoms with Gasteiger partial charge in [0.1, 0.15) is 0 Å². The Hall–Kier alpha value is -2.57. The number of nitrogens with one attached hydrogen (secondary N) is 2. The van der Waals surface area contributed by atoms with E-state index in [2.05, 4.69) is 20.7 Å². The molecule has 0 saturated heterocycles. The standard InChI is InChI=1S/C14H13ClN6/c15-10-4-1-8(2-5-10)13-11-7-9(14(18-16)19-17)3-6-12(11)20-21-13/h1-7H,16-17H2,(H,18,19)(H,20,21). The van der Waals surface area contributed by atoms with Crippen molar-refractivity contribution in [3.05, 3.63) is 53.1 Å². The van der Waals surface area contributed by atoms with Crippen molar-refractivity contribution in [3.8, 4) is 11.3 Å². The minimum Gasteiger partial charge on any atom is -0.321 e. The van der Waals surface area contributed by atoms with E-state index >= 15 is 0 Å². The lowest BCUT2D eigenvalue weighted by atomic mass is 10.1. The van der Waals surface area contributed by atoms with Gasteiger partial charge in [0.25, 0.3) is 0 Å². The Balaban J connectivity index is 2.16. The molecule has 0 atom stereocenters. The Morgan fingerprint density at radius 1 is 1.19 bits per heavy atom. The van der Waals surface area contributed by atoms with E-state index in [1.54, 1.807) is 0 Å². The fourth-order valence-electron chi connectivity index (χ4n) is 2.18. The first kappa shape index (κ1) is 13.4. The number of aromatic amines is 1. The molecule has 3 aromatic rings. The van der Waals surface area contributed by atoms with Gasteiger partial charge in [-0.2, -0.15) is 10.2 Å². The number of hydrogen-bond acceptors (Lipinski definition) is 4. The molecule has 0 saturated carbocycles. The van der Waals surface area contributed by atoms with Gasteiger partial charge in [-0.05, 0) is 30.3 Å². The number of aromatic nitrogens is 2. The monoisotopic (exact) mass is 300 g/mol. The van der Waals surface area contributed by atoms with Crippen molar-refractivity contribution < 1.29 is 0 Å². The Morgan fingerprint density at radius 3 is 2.62 bits per heavy atom. The molecule has 0 aliphatic rings. The average molecular weight is 301 g/mol. The predicted molar refractivity (Wildman–Crippen MR) is 84.6 cm³/mol. The van der Waals surface area contributed by atoms with Gasteiger partial charge < -0.3 is 11.3 Å². The second kappa shape index (κ2) is 5.43. The molecule has 2 aromatic carbocycles. The van der Waals surface area contributed by atoms with Crippen LogP contribution in [0.4, 0.5) is 0 Å². The number of benzene rings is 2. The zero-order valence-corrected chi connectivity index (χ0v) is 11.7. The summed E-state index contributed by atoms with van der Waals surface area (Å²) in [6.07, 6.45) is 0. The largest absolute Gasteiger partial charge is 0.321 e. The van der Waals surface area contributed by atoms with Crippen molar-refractivity contribution in [1.29, 1.82) is 0 Å². The molecule has 0 radical (unpaired) electrons. The van der Waals surface area contributed by atoms with Crippen LogP contribution >= 0.6 is 11.6 Å². The molecular formula is C14H13ClN6. The number of H-pyrrole nitrogens is 1. The number of hydrogen-bond donors (Lipinski definition) is 4. The quantitative estimate of drug-likeness (QED) is 0.251. The van der Waals surface area contributed by atoms with Crippen LogP contribution < -0.4 is 17.1 Å². The van der Waals surface area contributed by atoms with Gasteiger partial charge in [-0.1, -0.05) is 23.7 Å². The van der Waals surface area contributed by atoms with E-state index in [0.29, 0.717) is 10.9 Å². The second-order valence-corrected chi connectivity index (χ2v) is 4.90. The number of nitrogens with two attached hydrogens (primary N) is 2. The maximum absolute atomic E-state index is 5.92. The van der Waals surface area contributed by atoms with Crippen LogP contribution in [-0.4, -0.2) is 16.0 Å². The Labute approximate surface area is 125 Å². The molecule has 0 aliphatic heterocycles. The summed E-state index contributed by atoms with van der Waals surface area (Å²) in [5.41, 5.74) is 5.96. The highest BCUT2D eigenvalue weighted by molar-refractivity contribution is 6.30. The molecular weight excluding hydrogens is 288 g/mol. The fraction of sp³-hybridized carbons (Fsp3) is 0. The fourth-order valence-corrected chi connectivity index (χ4v) is 2.31. The van der Waals surface area contributed by atoms with Crippen molar-refractivity contribution in [2.45, 2.75) is 0 Å². The zero-order chi connectivity index (χ0) is 14.8. The summed E-state index contributed by atoms with van der Waals surface area (Å²) in [5.74, 6) is 11.1. The molecule has 21 heavy (non-hydrogen) atoms. The summed E-state index contributed by atoms with van der Waals surface area (Å²) in [5, 5.41) is 12.6. The van der Waals surface area contributed by atoms with Gasteiger partial charge in [0.05, 0.1) is 11.2 Å². The van der Waals surface area contributed by atoms with Crippen molar-refractivity contribution in [2.75, 3.05) is 0 Å². The highest BCUT2D eigenvalue weighted by Gasteiger charge is 2.10. The van der Waals surface area contributed by atoms with Gasteiger partial charge in [0.15, 0.2) is 5.84 Å². The molecule has 7 heteroatoms. The molecule has 1 heterocycles. The lowest BCUT2D eigenvalue weighted by Gasteiger charge is -2.04. The van der Waals surface area contributed by atoms with Crippen molar-refractivity contribution >= 4 is 28.3 Å². The van der Waals surface area contributed by atoms with Crippen LogP contribution in [0.1, 0.15) is 5.56 Å². The maximum Gasteiger partial charge on any atom is 0.166 e. The van der Waals surface area contributed by atoms with Gasteiger partial charge in [-0.15, -0.1) is 0 Å². The van der Waals surface area contributed by atoms with Gasteiger partial charge >= 0.3 is 0 Å². The number of fused-ring (bicyclic) bond motifs is 1. The summed E-state index contributed by atoms with van der Waals surface area (Å²) in [6, 6.07) is 13.2. The summed E-state index contributed by atoms with van der Waals surface area (Å²) in [7, 11) is 0. The molecule has 0 amide bonds. The normalized spacial score (nSPS) is 11.8. The van der Waals surface area contributed by atoms with E-state index < -0.39 is 0 Å². The Bertz CT molecular complexity index is 806. The van der Waals surface area contributed by atoms with Crippen LogP contribution in [0.25, 0.3) is 22.2 Å². The first-order valence-corrected chi connectivity index (χ1v) is 6.59. The number of rotatable bonds is 2. The molecule has 0 fully saturated rings. The highest BCUT2D eigenvalue weighted by atomic mass is 35.5. The first-order valence-electron chi connectivity index (χ1n) is 6.22. The van der Waals surface area contributed by atoms with E-state index in [1.807, 2.05) is 42.5 Å². The third-order valence-corrected chi connectivity index (χ3v) is 3.47. The summed E-state index contributed by atoms with van der Waals surface area (Å²) in [4.78, 5) is 0. The Morgan fingerprint density at radius 2 is 1.95 bits per heavy atom. The summed E-state index contributed by atoms with van der Waals surface area (Å²) < 4.78 is 0. The smallest absolute Gasteiger partial charge is 0.166 e. The molecule has 106 valence electrons. The summed E-state index contributed by atoms with van der Waals surface area (Å²) in [6.45, 7) is 0. The first-order chi connectivity index (χ1) is 10.2. The third-order valence-electron chi connectivity index (χ3n) is 3.22. The lowest BCUT2D eigenvalue weighted by Crippen LogP contribution is -2.31. The van der Waals surface area contributed by atoms with Crippen LogP contribution in [-0.2, 0) is 0 Å². The molecule has 3 rings (SSSR count). The molecule has 6 nitrogen and oxygen atoms in total. The molecule has 0 spiro atoms. The van der Waals surface area contributed by atoms with E-state index in [1.165, 1.54) is 0 Å². The lowest BCUT2D eigenvalue weighted by molar-refractivity contribution is 1.00. The molecule has 0 aliphatic carbocycles. The topological polar surface area (TPSA) is 105 Å². The van der Waals surface area contributed by atoms with Crippen molar-refractivity contribution in [3.63, 3.8) is 0 Å². The van der Waals surface area contributed by atoms with Gasteiger partial charge in [-0.25, -0.2) is 5.84 Å². The Kier molecular flexibility index (Phi) is 3.47. The van der Waals surface area contributed by atoms with Gasteiger partial charge in [0, 0.05) is 21.5 Å². The SMILES string of the molecule is N/N=C(\NN)c1ccc2[nH]nc(-c3ccc(Cl)cc3)c2c1. The average Bonchev–Trinajstić information content (AvgIpc) is 2.93.